The maximum absolute atomic E-state index is 12.4. The molecule has 1 aliphatic rings. The number of aryl methyl sites for hydroxylation is 1. The van der Waals surface area contributed by atoms with Crippen LogP contribution >= 0.6 is 22.9 Å². The molecule has 1 aromatic carbocycles. The smallest absolute Gasteiger partial charge is 0.327 e. The van der Waals surface area contributed by atoms with Crippen LogP contribution in [0.25, 0.3) is 0 Å². The molecule has 1 aromatic heterocycles. The summed E-state index contributed by atoms with van der Waals surface area (Å²) in [5.74, 6) is -0.513. The molecule has 0 fully saturated rings. The summed E-state index contributed by atoms with van der Waals surface area (Å²) in [6, 6.07) is 8.10. The molecule has 0 aliphatic carbocycles. The lowest BCUT2D eigenvalue weighted by atomic mass is 10.0. The number of hydrogen-bond donors (Lipinski definition) is 0. The van der Waals surface area contributed by atoms with Gasteiger partial charge >= 0.3 is 5.97 Å². The van der Waals surface area contributed by atoms with Crippen molar-refractivity contribution in [3.63, 3.8) is 0 Å². The zero-order chi connectivity index (χ0) is 16.6. The van der Waals surface area contributed by atoms with E-state index in [9.17, 15) is 4.79 Å². The summed E-state index contributed by atoms with van der Waals surface area (Å²) < 4.78 is 21.8. The number of hydrogen-bond acceptors (Lipinski definition) is 4. The molecule has 0 spiro atoms. The normalized spacial score (nSPS) is 20.1. The summed E-state index contributed by atoms with van der Waals surface area (Å²) in [5.41, 5.74) is 1.61. The Morgan fingerprint density at radius 2 is 2.29 bits per heavy atom. The molecule has 0 N–H and O–H groups in total. The number of rotatable bonds is 3. The molecule has 1 aliphatic heterocycles. The number of esters is 1. The number of halogens is 1. The minimum absolute atomic E-state index is 0.248. The van der Waals surface area contributed by atoms with Crippen LogP contribution in [-0.4, -0.2) is 24.5 Å². The van der Waals surface area contributed by atoms with Crippen molar-refractivity contribution in [3.8, 4) is 0 Å². The Labute approximate surface area is 135 Å². The molecule has 0 radical (unpaired) electrons. The lowest BCUT2D eigenvalue weighted by Crippen LogP contribution is -2.38. The maximum Gasteiger partial charge on any atom is 0.327 e. The van der Waals surface area contributed by atoms with Gasteiger partial charge in [0.1, 0.15) is 6.04 Å². The Hall–Kier alpha value is -1.36. The van der Waals surface area contributed by atoms with Gasteiger partial charge in [-0.15, -0.1) is 11.3 Å². The van der Waals surface area contributed by atoms with Crippen LogP contribution in [0, 0.1) is 0 Å². The highest BCUT2D eigenvalue weighted by atomic mass is 35.5. The van der Waals surface area contributed by atoms with Crippen molar-refractivity contribution in [2.75, 3.05) is 13.6 Å². The highest BCUT2D eigenvalue weighted by Gasteiger charge is 2.32. The standard InChI is InChI=1S/C16H16ClNO2S/c1-20-16(19)15(12-4-2-3-5-13(12)17)18-8-6-14-11(10-18)7-9-21-14/h2-5,7,9,15H,6,8,10H2,1H3/t15-/m0/s1/i8D2. The fourth-order valence-corrected chi connectivity index (χ4v) is 3.56. The molecule has 2 aromatic rings. The lowest BCUT2D eigenvalue weighted by Gasteiger charge is -2.33. The second-order valence-electron chi connectivity index (χ2n) is 4.78. The van der Waals surface area contributed by atoms with Gasteiger partial charge in [-0.05, 0) is 35.1 Å². The fraction of sp³-hybridized carbons (Fsp3) is 0.312. The van der Waals surface area contributed by atoms with E-state index in [1.54, 1.807) is 35.6 Å². The van der Waals surface area contributed by atoms with Gasteiger partial charge in [-0.1, -0.05) is 29.8 Å². The first kappa shape index (κ1) is 12.2. The fourth-order valence-electron chi connectivity index (χ4n) is 2.49. The van der Waals surface area contributed by atoms with E-state index in [0.717, 1.165) is 10.4 Å². The molecular formula is C16H16ClNO2S. The van der Waals surface area contributed by atoms with Gasteiger partial charge in [0.25, 0.3) is 0 Å². The Morgan fingerprint density at radius 1 is 1.48 bits per heavy atom. The average molecular weight is 324 g/mol. The molecular weight excluding hydrogens is 306 g/mol. The highest BCUT2D eigenvalue weighted by Crippen LogP contribution is 2.33. The van der Waals surface area contributed by atoms with Crippen molar-refractivity contribution in [3.05, 3.63) is 56.7 Å². The van der Waals surface area contributed by atoms with E-state index in [1.807, 2.05) is 11.4 Å². The van der Waals surface area contributed by atoms with E-state index >= 15 is 0 Å². The summed E-state index contributed by atoms with van der Waals surface area (Å²) in [7, 11) is 1.31. The van der Waals surface area contributed by atoms with Crippen molar-refractivity contribution in [1.29, 1.82) is 0 Å². The average Bonchev–Trinajstić information content (AvgIpc) is 2.95. The topological polar surface area (TPSA) is 29.5 Å². The van der Waals surface area contributed by atoms with Crippen molar-refractivity contribution in [2.24, 2.45) is 0 Å². The van der Waals surface area contributed by atoms with E-state index in [0.29, 0.717) is 17.1 Å². The number of methoxy groups -OCH3 is 1. The quantitative estimate of drug-likeness (QED) is 0.807. The zero-order valence-electron chi connectivity index (χ0n) is 13.5. The monoisotopic (exact) mass is 323 g/mol. The third-order valence-electron chi connectivity index (χ3n) is 3.56. The number of ether oxygens (including phenoxy) is 1. The number of benzene rings is 1. The minimum atomic E-state index is -1.66. The Balaban J connectivity index is 2.07. The first-order chi connectivity index (χ1) is 10.9. The maximum atomic E-state index is 12.4. The van der Waals surface area contributed by atoms with Crippen LogP contribution in [0.1, 0.15) is 24.8 Å². The number of thiophene rings is 1. The summed E-state index contributed by atoms with van der Waals surface area (Å²) in [6.07, 6.45) is 0.248. The zero-order valence-corrected chi connectivity index (χ0v) is 13.1. The van der Waals surface area contributed by atoms with Gasteiger partial charge in [0.05, 0.1) is 7.11 Å². The molecule has 0 unspecified atom stereocenters. The molecule has 0 saturated heterocycles. The summed E-state index contributed by atoms with van der Waals surface area (Å²) in [5, 5.41) is 2.38. The number of carbonyl (C=O) groups is 1. The molecule has 3 rings (SSSR count). The molecule has 1 atom stereocenters. The van der Waals surface area contributed by atoms with E-state index in [4.69, 9.17) is 19.1 Å². The predicted octanol–water partition coefficient (Wildman–Crippen LogP) is 3.67. The summed E-state index contributed by atoms with van der Waals surface area (Å²) >= 11 is 7.80. The molecule has 0 bridgehead atoms. The van der Waals surface area contributed by atoms with Gasteiger partial charge in [0.2, 0.25) is 0 Å². The van der Waals surface area contributed by atoms with Crippen molar-refractivity contribution in [1.82, 2.24) is 4.90 Å². The second kappa shape index (κ2) is 6.18. The largest absolute Gasteiger partial charge is 0.468 e. The van der Waals surface area contributed by atoms with Crippen LogP contribution in [0.5, 0.6) is 0 Å². The van der Waals surface area contributed by atoms with E-state index < -0.39 is 18.5 Å². The van der Waals surface area contributed by atoms with Crippen molar-refractivity contribution >= 4 is 28.9 Å². The van der Waals surface area contributed by atoms with Crippen LogP contribution < -0.4 is 0 Å². The number of carbonyl (C=O) groups excluding carboxylic acids is 1. The van der Waals surface area contributed by atoms with Gasteiger partial charge in [-0.2, -0.15) is 0 Å². The number of fused-ring (bicyclic) bond motifs is 1. The molecule has 3 nitrogen and oxygen atoms in total. The summed E-state index contributed by atoms with van der Waals surface area (Å²) in [6.45, 7) is -1.31. The predicted molar refractivity (Wildman–Crippen MR) is 84.6 cm³/mol. The molecule has 5 heteroatoms. The van der Waals surface area contributed by atoms with E-state index in [1.165, 1.54) is 12.0 Å². The van der Waals surface area contributed by atoms with Crippen LogP contribution in [0.2, 0.25) is 5.02 Å². The van der Waals surface area contributed by atoms with Gasteiger partial charge in [0.15, 0.2) is 0 Å². The highest BCUT2D eigenvalue weighted by molar-refractivity contribution is 7.10. The van der Waals surface area contributed by atoms with Crippen molar-refractivity contribution < 1.29 is 12.3 Å². The van der Waals surface area contributed by atoms with Gasteiger partial charge in [-0.3, -0.25) is 4.90 Å². The summed E-state index contributed by atoms with van der Waals surface area (Å²) in [4.78, 5) is 15.0. The molecule has 2 heterocycles. The third kappa shape index (κ3) is 2.84. The van der Waals surface area contributed by atoms with Gasteiger partial charge < -0.3 is 4.74 Å². The van der Waals surface area contributed by atoms with Gasteiger partial charge in [0, 0.05) is 25.7 Å². The minimum Gasteiger partial charge on any atom is -0.468 e. The number of nitrogens with zero attached hydrogens (tertiary/aromatic N) is 1. The first-order valence-electron chi connectivity index (χ1n) is 7.58. The van der Waals surface area contributed by atoms with E-state index in [-0.39, 0.29) is 6.42 Å². The Kier molecular flexibility index (Phi) is 3.59. The Bertz CT molecular complexity index is 734. The third-order valence-corrected chi connectivity index (χ3v) is 4.86. The lowest BCUT2D eigenvalue weighted by molar-refractivity contribution is -0.147. The van der Waals surface area contributed by atoms with Crippen LogP contribution in [0.3, 0.4) is 0 Å². The van der Waals surface area contributed by atoms with Crippen LogP contribution in [-0.2, 0) is 22.5 Å². The first-order valence-corrected chi connectivity index (χ1v) is 7.84. The molecule has 21 heavy (non-hydrogen) atoms. The Morgan fingerprint density at radius 3 is 3.05 bits per heavy atom. The molecule has 0 amide bonds. The van der Waals surface area contributed by atoms with E-state index in [2.05, 4.69) is 0 Å². The second-order valence-corrected chi connectivity index (χ2v) is 6.19. The van der Waals surface area contributed by atoms with Gasteiger partial charge in [-0.25, -0.2) is 4.79 Å². The van der Waals surface area contributed by atoms with Crippen LogP contribution in [0.15, 0.2) is 35.7 Å². The van der Waals surface area contributed by atoms with Crippen molar-refractivity contribution in [2.45, 2.75) is 19.0 Å². The molecule has 0 saturated carbocycles. The SMILES string of the molecule is [2H]C1([2H])Cc2sccc2CN1[C@H](C(=O)OC)c1ccccc1Cl. The molecule has 110 valence electrons. The van der Waals surface area contributed by atoms with Crippen LogP contribution in [0.4, 0.5) is 0 Å².